The number of carbonyl (C=O) groups excluding carboxylic acids is 1. The number of fused-ring (bicyclic) bond motifs is 1. The van der Waals surface area contributed by atoms with Crippen LogP contribution < -0.4 is 14.9 Å². The highest BCUT2D eigenvalue weighted by Crippen LogP contribution is 2.41. The Morgan fingerprint density at radius 1 is 0.914 bits per heavy atom. The average Bonchev–Trinajstić information content (AvgIpc) is 2.82. The number of methoxy groups -OCH3 is 1. The third kappa shape index (κ3) is 4.22. The number of aliphatic hydroxyl groups excluding tert-OH is 4. The van der Waals surface area contributed by atoms with E-state index in [2.05, 4.69) is 0 Å². The van der Waals surface area contributed by atoms with Gasteiger partial charge in [0.25, 0.3) is 0 Å². The second-order valence-electron chi connectivity index (χ2n) is 7.65. The monoisotopic (exact) mass is 492 g/mol. The number of ether oxygens (including phenoxy) is 3. The van der Waals surface area contributed by atoms with E-state index in [0.717, 1.165) is 12.1 Å². The maximum Gasteiger partial charge on any atom is 0.343 e. The van der Waals surface area contributed by atoms with E-state index in [1.807, 2.05) is 0 Å². The summed E-state index contributed by atoms with van der Waals surface area (Å²) in [7, 11) is 1.30. The Morgan fingerprint density at radius 3 is 2.31 bits per heavy atom. The van der Waals surface area contributed by atoms with E-state index in [9.17, 15) is 45.3 Å². The van der Waals surface area contributed by atoms with Crippen LogP contribution in [0.15, 0.2) is 39.5 Å². The third-order valence-electron chi connectivity index (χ3n) is 5.40. The summed E-state index contributed by atoms with van der Waals surface area (Å²) in [5.41, 5.74) is -1.10. The van der Waals surface area contributed by atoms with E-state index in [1.165, 1.54) is 25.3 Å². The third-order valence-corrected chi connectivity index (χ3v) is 5.40. The molecule has 5 unspecified atom stereocenters. The lowest BCUT2D eigenvalue weighted by Crippen LogP contribution is -2.60. The van der Waals surface area contributed by atoms with Crippen LogP contribution >= 0.6 is 0 Å². The fourth-order valence-corrected chi connectivity index (χ4v) is 3.57. The van der Waals surface area contributed by atoms with Gasteiger partial charge >= 0.3 is 5.97 Å². The number of benzene rings is 2. The molecule has 2 aromatic carbocycles. The van der Waals surface area contributed by atoms with Crippen LogP contribution in [0.3, 0.4) is 0 Å². The highest BCUT2D eigenvalue weighted by molar-refractivity contribution is 5.94. The minimum atomic E-state index is -2.04. The van der Waals surface area contributed by atoms with Crippen molar-refractivity contribution in [1.82, 2.24) is 0 Å². The first-order chi connectivity index (χ1) is 16.5. The molecule has 7 N–H and O–H groups in total. The standard InChI is InChI=1S/C22H20O13/c1-32-13-4-7(2-3-8(13)23)12-6-10(25)14-9(24)5-11(26)18(19(14)33-12)34-22(31)20-16(28)15(27)17(29)21(30)35-20/h2-6,15-17,20-21,23-24,26-30H,1H3. The van der Waals surface area contributed by atoms with Crippen LogP contribution in [0, 0.1) is 0 Å². The molecule has 186 valence electrons. The van der Waals surface area contributed by atoms with Crippen LogP contribution in [-0.4, -0.2) is 79.5 Å². The summed E-state index contributed by atoms with van der Waals surface area (Å²) in [5.74, 6) is -3.95. The molecule has 1 aromatic heterocycles. The zero-order valence-corrected chi connectivity index (χ0v) is 17.9. The molecule has 0 amide bonds. The van der Waals surface area contributed by atoms with E-state index in [-0.39, 0.29) is 22.8 Å². The number of aliphatic hydroxyl groups is 4. The van der Waals surface area contributed by atoms with Crippen molar-refractivity contribution in [2.45, 2.75) is 30.7 Å². The lowest BCUT2D eigenvalue weighted by Gasteiger charge is -2.36. The molecule has 0 aliphatic carbocycles. The summed E-state index contributed by atoms with van der Waals surface area (Å²) in [6, 6.07) is 5.73. The molecule has 2 heterocycles. The molecular formula is C22H20O13. The van der Waals surface area contributed by atoms with E-state index in [1.54, 1.807) is 0 Å². The van der Waals surface area contributed by atoms with Crippen molar-refractivity contribution in [3.8, 4) is 40.1 Å². The smallest absolute Gasteiger partial charge is 0.343 e. The number of esters is 1. The fourth-order valence-electron chi connectivity index (χ4n) is 3.57. The molecular weight excluding hydrogens is 472 g/mol. The van der Waals surface area contributed by atoms with Crippen molar-refractivity contribution in [3.63, 3.8) is 0 Å². The topological polar surface area (TPSA) is 217 Å². The van der Waals surface area contributed by atoms with Crippen molar-refractivity contribution in [2.24, 2.45) is 0 Å². The molecule has 1 fully saturated rings. The first kappa shape index (κ1) is 24.3. The van der Waals surface area contributed by atoms with Gasteiger partial charge in [0, 0.05) is 17.7 Å². The summed E-state index contributed by atoms with van der Waals surface area (Å²) in [6.45, 7) is 0. The molecule has 13 nitrogen and oxygen atoms in total. The SMILES string of the molecule is COc1cc(-c2cc(=O)c3c(O)cc(O)c(OC(=O)C4OC(O)C(O)C(O)C4O)c3o2)ccc1O. The molecule has 1 aliphatic rings. The molecule has 0 radical (unpaired) electrons. The first-order valence-corrected chi connectivity index (χ1v) is 10.0. The Kier molecular flexibility index (Phi) is 6.27. The van der Waals surface area contributed by atoms with Gasteiger partial charge in [0.15, 0.2) is 40.7 Å². The van der Waals surface area contributed by atoms with Crippen molar-refractivity contribution in [2.75, 3.05) is 7.11 Å². The number of hydrogen-bond donors (Lipinski definition) is 7. The normalized spacial score (nSPS) is 24.3. The van der Waals surface area contributed by atoms with Gasteiger partial charge in [0.05, 0.1) is 7.11 Å². The largest absolute Gasteiger partial charge is 0.507 e. The van der Waals surface area contributed by atoms with Crippen molar-refractivity contribution in [3.05, 3.63) is 40.6 Å². The van der Waals surface area contributed by atoms with Crippen molar-refractivity contribution < 1.29 is 59.2 Å². The van der Waals surface area contributed by atoms with Crippen LogP contribution in [-0.2, 0) is 9.53 Å². The van der Waals surface area contributed by atoms with Gasteiger partial charge in [-0.15, -0.1) is 0 Å². The molecule has 0 bridgehead atoms. The number of rotatable bonds is 4. The fraction of sp³-hybridized carbons (Fsp3) is 0.273. The molecule has 5 atom stereocenters. The van der Waals surface area contributed by atoms with Crippen LogP contribution in [0.2, 0.25) is 0 Å². The quantitative estimate of drug-likeness (QED) is 0.177. The van der Waals surface area contributed by atoms with Gasteiger partial charge in [-0.05, 0) is 18.2 Å². The first-order valence-electron chi connectivity index (χ1n) is 10.0. The number of carbonyl (C=O) groups is 1. The minimum absolute atomic E-state index is 0.0541. The Balaban J connectivity index is 1.81. The summed E-state index contributed by atoms with van der Waals surface area (Å²) >= 11 is 0. The van der Waals surface area contributed by atoms with E-state index in [0.29, 0.717) is 0 Å². The number of hydrogen-bond acceptors (Lipinski definition) is 13. The molecule has 0 saturated carbocycles. The van der Waals surface area contributed by atoms with Gasteiger partial charge in [-0.25, -0.2) is 4.79 Å². The molecule has 0 spiro atoms. The zero-order chi connectivity index (χ0) is 25.6. The van der Waals surface area contributed by atoms with Crippen LogP contribution in [0.5, 0.6) is 28.7 Å². The second-order valence-corrected chi connectivity index (χ2v) is 7.65. The van der Waals surface area contributed by atoms with Gasteiger partial charge in [-0.1, -0.05) is 0 Å². The summed E-state index contributed by atoms with van der Waals surface area (Å²) < 4.78 is 20.6. The van der Waals surface area contributed by atoms with Crippen molar-refractivity contribution >= 4 is 16.9 Å². The van der Waals surface area contributed by atoms with Crippen LogP contribution in [0.4, 0.5) is 0 Å². The summed E-state index contributed by atoms with van der Waals surface area (Å²) in [6.07, 6.45) is -9.92. The Hall–Kier alpha value is -3.88. The Morgan fingerprint density at radius 2 is 1.63 bits per heavy atom. The molecule has 13 heteroatoms. The van der Waals surface area contributed by atoms with Crippen molar-refractivity contribution in [1.29, 1.82) is 0 Å². The predicted octanol–water partition coefficient (Wildman–Crippen LogP) is -0.709. The van der Waals surface area contributed by atoms with Gasteiger partial charge in [0.1, 0.15) is 35.2 Å². The lowest BCUT2D eigenvalue weighted by molar-refractivity contribution is -0.279. The van der Waals surface area contributed by atoms with E-state index < -0.39 is 70.3 Å². The second kappa shape index (κ2) is 9.05. The van der Waals surface area contributed by atoms with Crippen LogP contribution in [0.1, 0.15) is 0 Å². The van der Waals surface area contributed by atoms with Gasteiger partial charge in [-0.3, -0.25) is 4.79 Å². The predicted molar refractivity (Wildman–Crippen MR) is 114 cm³/mol. The summed E-state index contributed by atoms with van der Waals surface area (Å²) in [5, 5.41) is 68.9. The molecule has 1 aliphatic heterocycles. The zero-order valence-electron chi connectivity index (χ0n) is 17.9. The maximum absolute atomic E-state index is 12.8. The lowest BCUT2D eigenvalue weighted by atomic mass is 9.99. The summed E-state index contributed by atoms with van der Waals surface area (Å²) in [4.78, 5) is 25.4. The van der Waals surface area contributed by atoms with E-state index in [4.69, 9.17) is 18.6 Å². The molecule has 3 aromatic rings. The van der Waals surface area contributed by atoms with Crippen LogP contribution in [0.25, 0.3) is 22.3 Å². The average molecular weight is 492 g/mol. The Bertz CT molecular complexity index is 1350. The van der Waals surface area contributed by atoms with E-state index >= 15 is 0 Å². The molecule has 35 heavy (non-hydrogen) atoms. The highest BCUT2D eigenvalue weighted by atomic mass is 16.7. The number of phenols is 3. The number of phenolic OH excluding ortho intramolecular Hbond substituents is 3. The minimum Gasteiger partial charge on any atom is -0.507 e. The number of aromatic hydroxyl groups is 3. The molecule has 4 rings (SSSR count). The Labute approximate surface area is 195 Å². The highest BCUT2D eigenvalue weighted by Gasteiger charge is 2.47. The van der Waals surface area contributed by atoms with Gasteiger partial charge in [0.2, 0.25) is 5.75 Å². The van der Waals surface area contributed by atoms with Gasteiger partial charge in [-0.2, -0.15) is 0 Å². The maximum atomic E-state index is 12.8. The van der Waals surface area contributed by atoms with Gasteiger partial charge < -0.3 is 54.4 Å². The molecule has 1 saturated heterocycles.